The molecule has 0 unspecified atom stereocenters. The van der Waals surface area contributed by atoms with E-state index < -0.39 is 0 Å². The second-order valence-electron chi connectivity index (χ2n) is 2.61. The van der Waals surface area contributed by atoms with E-state index in [-0.39, 0.29) is 5.78 Å². The van der Waals surface area contributed by atoms with Gasteiger partial charge in [0.25, 0.3) is 0 Å². The first-order valence-corrected chi connectivity index (χ1v) is 4.90. The molecule has 0 heterocycles. The first kappa shape index (κ1) is 11.6. The Kier molecular flexibility index (Phi) is 4.19. The van der Waals surface area contributed by atoms with E-state index in [9.17, 15) is 4.79 Å². The maximum atomic E-state index is 11.6. The van der Waals surface area contributed by atoms with Crippen LogP contribution in [0.5, 0.6) is 11.5 Å². The van der Waals surface area contributed by atoms with E-state index in [0.717, 1.165) is 0 Å². The summed E-state index contributed by atoms with van der Waals surface area (Å²) in [6.07, 6.45) is 0. The number of rotatable bonds is 3. The number of carbonyl (C=O) groups is 1. The molecule has 0 saturated carbocycles. The van der Waals surface area contributed by atoms with Crippen LogP contribution < -0.4 is 9.47 Å². The first-order valence-electron chi connectivity index (χ1n) is 4.11. The number of Topliss-reactive ketones (excluding diaryl/α,β-unsaturated/α-hetero) is 1. The van der Waals surface area contributed by atoms with Crippen molar-refractivity contribution in [2.45, 2.75) is 0 Å². The van der Waals surface area contributed by atoms with Crippen molar-refractivity contribution >= 4 is 21.7 Å². The standard InChI is InChI=1S/C11H9BrO3/c1-14-8-3-4-11(15-2)9(7-8)10(13)5-6-12/h3-4,7H,1-2H3. The lowest BCUT2D eigenvalue weighted by Crippen LogP contribution is -2.00. The van der Waals surface area contributed by atoms with Crippen LogP contribution in [0.15, 0.2) is 18.2 Å². The average molecular weight is 269 g/mol. The van der Waals surface area contributed by atoms with Gasteiger partial charge in [0.15, 0.2) is 0 Å². The summed E-state index contributed by atoms with van der Waals surface area (Å²) in [5.74, 6) is 3.14. The van der Waals surface area contributed by atoms with Crippen LogP contribution in [-0.4, -0.2) is 20.0 Å². The minimum absolute atomic E-state index is 0.317. The maximum Gasteiger partial charge on any atom is 0.240 e. The highest BCUT2D eigenvalue weighted by Gasteiger charge is 2.11. The molecule has 0 aliphatic carbocycles. The third kappa shape index (κ3) is 2.74. The summed E-state index contributed by atoms with van der Waals surface area (Å²) in [6.45, 7) is 0. The number of ether oxygens (including phenoxy) is 2. The number of halogens is 1. The predicted octanol–water partition coefficient (Wildman–Crippen LogP) is 2.24. The van der Waals surface area contributed by atoms with E-state index >= 15 is 0 Å². The minimum Gasteiger partial charge on any atom is -0.497 e. The lowest BCUT2D eigenvalue weighted by Gasteiger charge is -2.06. The van der Waals surface area contributed by atoms with Gasteiger partial charge < -0.3 is 9.47 Å². The fourth-order valence-corrected chi connectivity index (χ4v) is 1.28. The molecule has 1 aromatic carbocycles. The second-order valence-corrected chi connectivity index (χ2v) is 3.01. The topological polar surface area (TPSA) is 35.5 Å². The van der Waals surface area contributed by atoms with Gasteiger partial charge in [-0.3, -0.25) is 4.79 Å². The molecule has 0 aliphatic rings. The molecule has 0 atom stereocenters. The van der Waals surface area contributed by atoms with Gasteiger partial charge in [0.1, 0.15) is 11.5 Å². The lowest BCUT2D eigenvalue weighted by atomic mass is 10.1. The van der Waals surface area contributed by atoms with Crippen molar-refractivity contribution in [3.05, 3.63) is 23.8 Å². The van der Waals surface area contributed by atoms with Crippen molar-refractivity contribution < 1.29 is 14.3 Å². The van der Waals surface area contributed by atoms with E-state index in [0.29, 0.717) is 17.1 Å². The first-order chi connectivity index (χ1) is 7.22. The van der Waals surface area contributed by atoms with E-state index in [1.807, 2.05) is 0 Å². The van der Waals surface area contributed by atoms with Gasteiger partial charge in [0, 0.05) is 15.9 Å². The van der Waals surface area contributed by atoms with E-state index in [1.165, 1.54) is 14.2 Å². The summed E-state index contributed by atoms with van der Waals surface area (Å²) in [7, 11) is 3.03. The monoisotopic (exact) mass is 268 g/mol. The summed E-state index contributed by atoms with van der Waals surface area (Å²) in [5.41, 5.74) is 0.392. The molecular formula is C11H9BrO3. The van der Waals surface area contributed by atoms with Crippen LogP contribution in [0, 0.1) is 10.8 Å². The third-order valence-corrected chi connectivity index (χ3v) is 2.01. The molecular weight excluding hydrogens is 260 g/mol. The molecule has 4 heteroatoms. The number of hydrogen-bond acceptors (Lipinski definition) is 3. The Morgan fingerprint density at radius 3 is 2.60 bits per heavy atom. The zero-order chi connectivity index (χ0) is 11.3. The molecule has 0 spiro atoms. The van der Waals surface area contributed by atoms with Crippen molar-refractivity contribution in [2.24, 2.45) is 0 Å². The van der Waals surface area contributed by atoms with Crippen LogP contribution in [0.4, 0.5) is 0 Å². The molecule has 0 fully saturated rings. The molecule has 0 bridgehead atoms. The van der Waals surface area contributed by atoms with Gasteiger partial charge in [-0.25, -0.2) is 0 Å². The molecule has 15 heavy (non-hydrogen) atoms. The minimum atomic E-state index is -0.317. The summed E-state index contributed by atoms with van der Waals surface area (Å²) in [4.78, 5) is 13.9. The highest BCUT2D eigenvalue weighted by Crippen LogP contribution is 2.24. The van der Waals surface area contributed by atoms with E-state index in [4.69, 9.17) is 9.47 Å². The predicted molar refractivity (Wildman–Crippen MR) is 60.6 cm³/mol. The fourth-order valence-electron chi connectivity index (χ4n) is 1.10. The number of ketones is 1. The third-order valence-electron chi connectivity index (χ3n) is 1.81. The molecule has 3 nitrogen and oxygen atoms in total. The summed E-state index contributed by atoms with van der Waals surface area (Å²) in [6, 6.07) is 4.98. The number of carbonyl (C=O) groups excluding carboxylic acids is 1. The van der Waals surface area contributed by atoms with Crippen LogP contribution in [0.3, 0.4) is 0 Å². The zero-order valence-corrected chi connectivity index (χ0v) is 9.92. The fraction of sp³-hybridized carbons (Fsp3) is 0.182. The summed E-state index contributed by atoms with van der Waals surface area (Å²) in [5, 5.41) is 0. The Balaban J connectivity index is 3.21. The average Bonchev–Trinajstić information content (AvgIpc) is 2.28. The normalized spacial score (nSPS) is 8.73. The highest BCUT2D eigenvalue weighted by atomic mass is 79.9. The highest BCUT2D eigenvalue weighted by molar-refractivity contribution is 9.12. The number of methoxy groups -OCH3 is 2. The van der Waals surface area contributed by atoms with Crippen molar-refractivity contribution in [3.63, 3.8) is 0 Å². The number of benzene rings is 1. The van der Waals surface area contributed by atoms with E-state index in [1.54, 1.807) is 18.2 Å². The summed E-state index contributed by atoms with van der Waals surface area (Å²) >= 11 is 2.88. The number of hydrogen-bond donors (Lipinski definition) is 0. The van der Waals surface area contributed by atoms with Gasteiger partial charge >= 0.3 is 0 Å². The van der Waals surface area contributed by atoms with Crippen LogP contribution in [0.2, 0.25) is 0 Å². The Morgan fingerprint density at radius 2 is 2.07 bits per heavy atom. The Bertz CT molecular complexity index is 429. The lowest BCUT2D eigenvalue weighted by molar-refractivity contribution is 0.105. The van der Waals surface area contributed by atoms with Crippen molar-refractivity contribution in [3.8, 4) is 22.2 Å². The molecule has 0 radical (unpaired) electrons. The van der Waals surface area contributed by atoms with Gasteiger partial charge in [0.2, 0.25) is 5.78 Å². The van der Waals surface area contributed by atoms with Crippen molar-refractivity contribution in [1.29, 1.82) is 0 Å². The van der Waals surface area contributed by atoms with Crippen molar-refractivity contribution in [2.75, 3.05) is 14.2 Å². The smallest absolute Gasteiger partial charge is 0.240 e. The molecule has 78 valence electrons. The SMILES string of the molecule is COc1ccc(OC)c(C(=O)C#CBr)c1. The second kappa shape index (κ2) is 5.42. The molecule has 0 aliphatic heterocycles. The molecule has 0 N–H and O–H groups in total. The molecule has 0 amide bonds. The van der Waals surface area contributed by atoms with Crippen LogP contribution in [-0.2, 0) is 0 Å². The Labute approximate surface area is 96.5 Å². The quantitative estimate of drug-likeness (QED) is 0.623. The summed E-state index contributed by atoms with van der Waals surface area (Å²) < 4.78 is 10.1. The van der Waals surface area contributed by atoms with Gasteiger partial charge in [-0.1, -0.05) is 0 Å². The Morgan fingerprint density at radius 1 is 1.33 bits per heavy atom. The zero-order valence-electron chi connectivity index (χ0n) is 8.33. The maximum absolute atomic E-state index is 11.6. The molecule has 1 rings (SSSR count). The van der Waals surface area contributed by atoms with Gasteiger partial charge in [-0.15, -0.1) is 0 Å². The van der Waals surface area contributed by atoms with Gasteiger partial charge in [-0.05, 0) is 28.9 Å². The molecule has 0 saturated heterocycles. The van der Waals surface area contributed by atoms with Gasteiger partial charge in [-0.2, -0.15) is 0 Å². The molecule has 0 aromatic heterocycles. The van der Waals surface area contributed by atoms with Crippen LogP contribution in [0.1, 0.15) is 10.4 Å². The molecule has 1 aromatic rings. The van der Waals surface area contributed by atoms with Gasteiger partial charge in [0.05, 0.1) is 19.8 Å². The van der Waals surface area contributed by atoms with Crippen LogP contribution >= 0.6 is 15.9 Å². The Hall–Kier alpha value is -1.47. The van der Waals surface area contributed by atoms with Crippen LogP contribution in [0.25, 0.3) is 0 Å². The van der Waals surface area contributed by atoms with Crippen molar-refractivity contribution in [1.82, 2.24) is 0 Å². The largest absolute Gasteiger partial charge is 0.497 e. The van der Waals surface area contributed by atoms with E-state index in [2.05, 4.69) is 26.7 Å².